The van der Waals surface area contributed by atoms with Gasteiger partial charge in [0.1, 0.15) is 11.3 Å². The van der Waals surface area contributed by atoms with E-state index < -0.39 is 11.4 Å². The summed E-state index contributed by atoms with van der Waals surface area (Å²) in [5, 5.41) is 9.57. The van der Waals surface area contributed by atoms with Crippen LogP contribution in [0.5, 0.6) is 11.5 Å². The van der Waals surface area contributed by atoms with E-state index in [2.05, 4.69) is 19.9 Å². The number of rotatable bonds is 11. The van der Waals surface area contributed by atoms with Gasteiger partial charge < -0.3 is 23.9 Å². The number of ether oxygens (including phenoxy) is 2. The van der Waals surface area contributed by atoms with Gasteiger partial charge in [-0.2, -0.15) is 0 Å². The number of nitrogens with zero attached hydrogens (tertiary/aromatic N) is 1. The van der Waals surface area contributed by atoms with Gasteiger partial charge in [0, 0.05) is 36.2 Å². The van der Waals surface area contributed by atoms with E-state index >= 15 is 0 Å². The van der Waals surface area contributed by atoms with Gasteiger partial charge in [-0.15, -0.1) is 0 Å². The Morgan fingerprint density at radius 2 is 1.81 bits per heavy atom. The summed E-state index contributed by atoms with van der Waals surface area (Å²) in [5.74, 6) is 0.553. The first-order chi connectivity index (χ1) is 17.1. The molecule has 7 heteroatoms. The molecule has 0 unspecified atom stereocenters. The van der Waals surface area contributed by atoms with Gasteiger partial charge in [-0.25, -0.2) is 4.79 Å². The van der Waals surface area contributed by atoms with Gasteiger partial charge in [-0.1, -0.05) is 33.1 Å². The summed E-state index contributed by atoms with van der Waals surface area (Å²) >= 11 is 0. The number of carboxylic acid groups (broad SMARTS) is 1. The lowest BCUT2D eigenvalue weighted by atomic mass is 9.77. The Morgan fingerprint density at radius 1 is 1.08 bits per heavy atom. The average Bonchev–Trinajstić information content (AvgIpc) is 3.15. The van der Waals surface area contributed by atoms with Crippen LogP contribution in [-0.4, -0.2) is 35.1 Å². The SMILES string of the molecule is COc1cc2c(cc1OCCCCCCCC(C)=O)[C@@H]1CCC(C)(C)[C@@H]1n1cc(C(=O)O)c(=O)cc1-2. The van der Waals surface area contributed by atoms with Crippen LogP contribution >= 0.6 is 0 Å². The van der Waals surface area contributed by atoms with Crippen molar-refractivity contribution in [3.63, 3.8) is 0 Å². The van der Waals surface area contributed by atoms with Crippen molar-refractivity contribution in [2.75, 3.05) is 13.7 Å². The summed E-state index contributed by atoms with van der Waals surface area (Å²) in [6.45, 7) is 6.64. The van der Waals surface area contributed by atoms with Crippen molar-refractivity contribution in [2.24, 2.45) is 5.41 Å². The number of hydrogen-bond donors (Lipinski definition) is 1. The van der Waals surface area contributed by atoms with Crippen LogP contribution in [0.15, 0.2) is 29.2 Å². The highest BCUT2D eigenvalue weighted by atomic mass is 16.5. The molecule has 0 spiro atoms. The Labute approximate surface area is 212 Å². The maximum atomic E-state index is 12.7. The fourth-order valence-electron chi connectivity index (χ4n) is 6.00. The van der Waals surface area contributed by atoms with E-state index in [1.165, 1.54) is 12.3 Å². The van der Waals surface area contributed by atoms with E-state index in [1.54, 1.807) is 14.0 Å². The van der Waals surface area contributed by atoms with E-state index in [1.807, 2.05) is 10.6 Å². The number of unbranched alkanes of at least 4 members (excludes halogenated alkanes) is 4. The molecule has 1 N–H and O–H groups in total. The van der Waals surface area contributed by atoms with Crippen molar-refractivity contribution in [3.05, 3.63) is 45.7 Å². The predicted molar refractivity (Wildman–Crippen MR) is 138 cm³/mol. The second-order valence-electron chi connectivity index (χ2n) is 10.9. The molecule has 2 aliphatic rings. The molecule has 0 amide bonds. The highest BCUT2D eigenvalue weighted by molar-refractivity contribution is 5.88. The third kappa shape index (κ3) is 5.06. The number of carbonyl (C=O) groups is 2. The van der Waals surface area contributed by atoms with Gasteiger partial charge in [0.2, 0.25) is 0 Å². The summed E-state index contributed by atoms with van der Waals surface area (Å²) in [6.07, 6.45) is 9.24. The number of pyridine rings is 1. The summed E-state index contributed by atoms with van der Waals surface area (Å²) in [6, 6.07) is 5.51. The smallest absolute Gasteiger partial charge is 0.341 e. The Morgan fingerprint density at radius 3 is 2.50 bits per heavy atom. The first kappa shape index (κ1) is 26.0. The first-order valence-corrected chi connectivity index (χ1v) is 13.0. The monoisotopic (exact) mass is 495 g/mol. The molecular weight excluding hydrogens is 458 g/mol. The normalized spacial score (nSPS) is 19.2. The molecule has 2 aromatic rings. The molecule has 1 aliphatic heterocycles. The van der Waals surface area contributed by atoms with Crippen LogP contribution in [-0.2, 0) is 4.79 Å². The van der Waals surface area contributed by atoms with E-state index in [4.69, 9.17) is 9.47 Å². The lowest BCUT2D eigenvalue weighted by Gasteiger charge is -2.40. The summed E-state index contributed by atoms with van der Waals surface area (Å²) < 4.78 is 13.9. The number of carboxylic acids is 1. The number of benzene rings is 1. The predicted octanol–water partition coefficient (Wildman–Crippen LogP) is 5.99. The minimum absolute atomic E-state index is 0.0503. The molecule has 1 fully saturated rings. The van der Waals surface area contributed by atoms with Gasteiger partial charge in [-0.3, -0.25) is 4.79 Å². The summed E-state index contributed by atoms with van der Waals surface area (Å²) in [7, 11) is 1.61. The molecule has 1 aromatic heterocycles. The topological polar surface area (TPSA) is 94.8 Å². The van der Waals surface area contributed by atoms with Crippen LogP contribution in [0.1, 0.15) is 100 Å². The Balaban J connectivity index is 1.60. The zero-order valence-corrected chi connectivity index (χ0v) is 21.8. The molecule has 7 nitrogen and oxygen atoms in total. The number of methoxy groups -OCH3 is 1. The summed E-state index contributed by atoms with van der Waals surface area (Å²) in [5.41, 5.74) is 2.02. The average molecular weight is 496 g/mol. The largest absolute Gasteiger partial charge is 0.493 e. The van der Waals surface area contributed by atoms with Gasteiger partial charge in [0.15, 0.2) is 16.9 Å². The van der Waals surface area contributed by atoms with Crippen LogP contribution < -0.4 is 14.9 Å². The number of ketones is 1. The molecular formula is C29H37NO6. The summed E-state index contributed by atoms with van der Waals surface area (Å²) in [4.78, 5) is 35.4. The van der Waals surface area contributed by atoms with E-state index in [9.17, 15) is 19.5 Å². The molecule has 2 atom stereocenters. The Hall–Kier alpha value is -3.09. The van der Waals surface area contributed by atoms with Crippen molar-refractivity contribution >= 4 is 11.8 Å². The quantitative estimate of drug-likeness (QED) is 0.385. The van der Waals surface area contributed by atoms with Gasteiger partial charge >= 0.3 is 5.97 Å². The van der Waals surface area contributed by atoms with Gasteiger partial charge in [0.25, 0.3) is 0 Å². The van der Waals surface area contributed by atoms with Gasteiger partial charge in [-0.05, 0) is 55.7 Å². The van der Waals surface area contributed by atoms with Crippen molar-refractivity contribution in [1.29, 1.82) is 0 Å². The molecule has 1 aliphatic carbocycles. The highest BCUT2D eigenvalue weighted by Gasteiger charge is 2.47. The van der Waals surface area contributed by atoms with E-state index in [-0.39, 0.29) is 28.7 Å². The third-order valence-corrected chi connectivity index (χ3v) is 7.83. The molecule has 0 radical (unpaired) electrons. The molecule has 1 saturated carbocycles. The number of carbonyl (C=O) groups excluding carboxylic acids is 1. The number of Topliss-reactive ketones (excluding diaryl/α,β-unsaturated/α-hetero) is 1. The number of aromatic nitrogens is 1. The molecule has 4 rings (SSSR count). The third-order valence-electron chi connectivity index (χ3n) is 7.83. The fraction of sp³-hybridized carbons (Fsp3) is 0.552. The van der Waals surface area contributed by atoms with Crippen molar-refractivity contribution in [1.82, 2.24) is 4.57 Å². The highest BCUT2D eigenvalue weighted by Crippen LogP contribution is 2.59. The van der Waals surface area contributed by atoms with Gasteiger partial charge in [0.05, 0.1) is 19.4 Å². The van der Waals surface area contributed by atoms with Crippen LogP contribution in [0, 0.1) is 5.41 Å². The standard InChI is InChI=1S/C29H37NO6/c1-18(31)10-8-6-5-7-9-13-36-26-14-20-19-11-12-29(2,3)27(19)30-17-22(28(33)34)24(32)16-23(30)21(20)15-25(26)35-4/h14-17,19,27H,5-13H2,1-4H3,(H,33,34)/t19-,27+/m0/s1. The lowest BCUT2D eigenvalue weighted by Crippen LogP contribution is -2.32. The Kier molecular flexibility index (Phi) is 7.57. The molecule has 194 valence electrons. The van der Waals surface area contributed by atoms with Crippen LogP contribution in [0.25, 0.3) is 11.3 Å². The second-order valence-corrected chi connectivity index (χ2v) is 10.9. The maximum Gasteiger partial charge on any atom is 0.341 e. The number of aromatic carboxylic acids is 1. The Bertz CT molecular complexity index is 1210. The first-order valence-electron chi connectivity index (χ1n) is 13.0. The molecule has 2 heterocycles. The fourth-order valence-corrected chi connectivity index (χ4v) is 6.00. The van der Waals surface area contributed by atoms with Crippen LogP contribution in [0.2, 0.25) is 0 Å². The number of fused-ring (bicyclic) bond motifs is 6. The lowest BCUT2D eigenvalue weighted by molar-refractivity contribution is -0.117. The van der Waals surface area contributed by atoms with Crippen molar-refractivity contribution < 1.29 is 24.2 Å². The van der Waals surface area contributed by atoms with E-state index in [0.717, 1.165) is 61.8 Å². The molecule has 0 saturated heterocycles. The number of hydrogen-bond acceptors (Lipinski definition) is 5. The van der Waals surface area contributed by atoms with E-state index in [0.29, 0.717) is 24.5 Å². The molecule has 1 aromatic carbocycles. The zero-order valence-electron chi connectivity index (χ0n) is 21.8. The van der Waals surface area contributed by atoms with Crippen molar-refractivity contribution in [2.45, 2.75) is 84.1 Å². The van der Waals surface area contributed by atoms with Crippen molar-refractivity contribution in [3.8, 4) is 22.8 Å². The maximum absolute atomic E-state index is 12.7. The minimum Gasteiger partial charge on any atom is -0.493 e. The molecule has 0 bridgehead atoms. The molecule has 36 heavy (non-hydrogen) atoms. The van der Waals surface area contributed by atoms with Crippen LogP contribution in [0.3, 0.4) is 0 Å². The van der Waals surface area contributed by atoms with Crippen LogP contribution in [0.4, 0.5) is 0 Å². The minimum atomic E-state index is -1.20. The second kappa shape index (κ2) is 10.5. The zero-order chi connectivity index (χ0) is 26.0.